The Morgan fingerprint density at radius 3 is 2.62 bits per heavy atom. The number of nitrogens with one attached hydrogen (secondary N) is 1. The predicted molar refractivity (Wildman–Crippen MR) is 115 cm³/mol. The monoisotopic (exact) mass is 483 g/mol. The summed E-state index contributed by atoms with van der Waals surface area (Å²) >= 11 is 2.26. The van der Waals surface area contributed by atoms with Gasteiger partial charge in [-0.2, -0.15) is 0 Å². The molecule has 0 saturated heterocycles. The maximum atomic E-state index is 12.5. The molecular weight excluding hydrogens is 465 g/mol. The fourth-order valence-corrected chi connectivity index (χ4v) is 2.77. The van der Waals surface area contributed by atoms with Crippen LogP contribution in [0, 0.1) is 10.5 Å². The zero-order valence-corrected chi connectivity index (χ0v) is 17.4. The highest BCUT2D eigenvalue weighted by Gasteiger charge is 2.17. The molecule has 1 aromatic carbocycles. The first-order valence-electron chi connectivity index (χ1n) is 8.04. The van der Waals surface area contributed by atoms with Crippen molar-refractivity contribution in [2.45, 2.75) is 20.3 Å². The van der Waals surface area contributed by atoms with Gasteiger partial charge in [0.05, 0.1) is 12.3 Å². The smallest absolute Gasteiger partial charge is 0.341 e. The van der Waals surface area contributed by atoms with E-state index in [9.17, 15) is 4.79 Å². The first-order valence-corrected chi connectivity index (χ1v) is 9.12. The molecule has 2 heterocycles. The molecule has 136 valence electrons. The van der Waals surface area contributed by atoms with Crippen LogP contribution in [0.15, 0.2) is 42.6 Å². The molecule has 3 rings (SSSR count). The van der Waals surface area contributed by atoms with Crippen molar-refractivity contribution in [3.8, 4) is 0 Å². The van der Waals surface area contributed by atoms with Gasteiger partial charge in [0.2, 0.25) is 0 Å². The number of fused-ring (bicyclic) bond motifs is 1. The fourth-order valence-electron chi connectivity index (χ4n) is 2.41. The predicted octanol–water partition coefficient (Wildman–Crippen LogP) is 5.28. The molecular formula is C19H19ClIN3O2. The minimum atomic E-state index is -0.384. The van der Waals surface area contributed by atoms with Crippen LogP contribution in [-0.2, 0) is 4.74 Å². The molecule has 7 heteroatoms. The molecule has 5 nitrogen and oxygen atoms in total. The number of ether oxygens (including phenoxy) is 1. The van der Waals surface area contributed by atoms with Gasteiger partial charge in [0, 0.05) is 26.5 Å². The van der Waals surface area contributed by atoms with Gasteiger partial charge < -0.3 is 10.1 Å². The van der Waals surface area contributed by atoms with Crippen molar-refractivity contribution in [1.29, 1.82) is 0 Å². The normalized spacial score (nSPS) is 10.3. The maximum Gasteiger partial charge on any atom is 0.341 e. The van der Waals surface area contributed by atoms with Crippen LogP contribution in [0.25, 0.3) is 11.0 Å². The minimum Gasteiger partial charge on any atom is -0.462 e. The zero-order valence-electron chi connectivity index (χ0n) is 14.5. The van der Waals surface area contributed by atoms with Crippen molar-refractivity contribution in [3.05, 3.63) is 57.4 Å². The van der Waals surface area contributed by atoms with E-state index in [1.165, 1.54) is 6.20 Å². The van der Waals surface area contributed by atoms with Gasteiger partial charge in [0.25, 0.3) is 0 Å². The number of halogens is 2. The Balaban J connectivity index is 0.00000243. The van der Waals surface area contributed by atoms with E-state index < -0.39 is 0 Å². The summed E-state index contributed by atoms with van der Waals surface area (Å²) in [5, 5.41) is 4.12. The van der Waals surface area contributed by atoms with Crippen LogP contribution < -0.4 is 5.32 Å². The molecule has 0 radical (unpaired) electrons. The number of aryl methyl sites for hydroxylation is 1. The Hall–Kier alpha value is -1.93. The van der Waals surface area contributed by atoms with E-state index in [0.717, 1.165) is 26.8 Å². The first-order chi connectivity index (χ1) is 12.1. The molecule has 0 fully saturated rings. The summed E-state index contributed by atoms with van der Waals surface area (Å²) in [6.07, 6.45) is 2.30. The molecule has 2 aromatic heterocycles. The lowest BCUT2D eigenvalue weighted by molar-refractivity contribution is 0.0506. The molecule has 0 atom stereocenters. The Morgan fingerprint density at radius 1 is 1.19 bits per heavy atom. The van der Waals surface area contributed by atoms with Crippen molar-refractivity contribution < 1.29 is 9.53 Å². The standard InChI is InChI=1S/C19H18IN3O2.ClH/c1-3-10-25-19(24)16-11-21-18-15(9-4-12(2)22-18)17(16)23-14-7-5-13(20)6-8-14;/h4-9,11H,3,10H2,1-2H3,(H,21,22,23);1H. The molecule has 0 aliphatic heterocycles. The van der Waals surface area contributed by atoms with Crippen LogP contribution in [0.4, 0.5) is 11.4 Å². The van der Waals surface area contributed by atoms with Gasteiger partial charge in [-0.05, 0) is 72.3 Å². The number of nitrogens with zero attached hydrogens (tertiary/aromatic N) is 2. The summed E-state index contributed by atoms with van der Waals surface area (Å²) < 4.78 is 6.45. The molecule has 3 aromatic rings. The van der Waals surface area contributed by atoms with Crippen molar-refractivity contribution in [2.75, 3.05) is 11.9 Å². The first kappa shape index (κ1) is 20.4. The average Bonchev–Trinajstić information content (AvgIpc) is 2.61. The molecule has 0 aliphatic carbocycles. The Morgan fingerprint density at radius 2 is 1.92 bits per heavy atom. The Kier molecular flexibility index (Phi) is 7.16. The van der Waals surface area contributed by atoms with Crippen molar-refractivity contribution in [2.24, 2.45) is 0 Å². The molecule has 0 unspecified atom stereocenters. The van der Waals surface area contributed by atoms with E-state index in [4.69, 9.17) is 4.74 Å². The number of aromatic nitrogens is 2. The lowest BCUT2D eigenvalue weighted by Gasteiger charge is -2.14. The number of rotatable bonds is 5. The molecule has 0 saturated carbocycles. The lowest BCUT2D eigenvalue weighted by Crippen LogP contribution is -2.10. The summed E-state index contributed by atoms with van der Waals surface area (Å²) in [6.45, 7) is 4.26. The lowest BCUT2D eigenvalue weighted by atomic mass is 10.1. The second-order valence-corrected chi connectivity index (χ2v) is 6.88. The van der Waals surface area contributed by atoms with Gasteiger partial charge in [-0.1, -0.05) is 6.92 Å². The summed E-state index contributed by atoms with van der Waals surface area (Å²) in [7, 11) is 0. The molecule has 26 heavy (non-hydrogen) atoms. The third-order valence-electron chi connectivity index (χ3n) is 3.64. The highest BCUT2D eigenvalue weighted by Crippen LogP contribution is 2.29. The molecule has 1 N–H and O–H groups in total. The quantitative estimate of drug-likeness (QED) is 0.395. The van der Waals surface area contributed by atoms with Crippen LogP contribution in [0.1, 0.15) is 29.4 Å². The number of esters is 1. The van der Waals surface area contributed by atoms with Crippen LogP contribution in [-0.4, -0.2) is 22.5 Å². The Bertz CT molecular complexity index is 917. The third-order valence-corrected chi connectivity index (χ3v) is 4.36. The van der Waals surface area contributed by atoms with Crippen LogP contribution in [0.3, 0.4) is 0 Å². The molecule has 0 bridgehead atoms. The second kappa shape index (κ2) is 9.14. The average molecular weight is 484 g/mol. The highest BCUT2D eigenvalue weighted by molar-refractivity contribution is 14.1. The van der Waals surface area contributed by atoms with E-state index in [0.29, 0.717) is 23.5 Å². The number of carbonyl (C=O) groups excluding carboxylic acids is 1. The largest absolute Gasteiger partial charge is 0.462 e. The van der Waals surface area contributed by atoms with Crippen LogP contribution in [0.5, 0.6) is 0 Å². The second-order valence-electron chi connectivity index (χ2n) is 5.64. The summed E-state index contributed by atoms with van der Waals surface area (Å²) in [6, 6.07) is 11.8. The van der Waals surface area contributed by atoms with Crippen LogP contribution in [0.2, 0.25) is 0 Å². The van der Waals surface area contributed by atoms with Crippen molar-refractivity contribution in [3.63, 3.8) is 0 Å². The van der Waals surface area contributed by atoms with Gasteiger partial charge in [0.1, 0.15) is 5.56 Å². The van der Waals surface area contributed by atoms with Gasteiger partial charge in [0.15, 0.2) is 5.65 Å². The van der Waals surface area contributed by atoms with Gasteiger partial charge in [-0.25, -0.2) is 14.8 Å². The van der Waals surface area contributed by atoms with Gasteiger partial charge >= 0.3 is 5.97 Å². The fraction of sp³-hybridized carbons (Fsp3) is 0.211. The molecule has 0 amide bonds. The summed E-state index contributed by atoms with van der Waals surface area (Å²) in [5.41, 5.74) is 3.43. The number of pyridine rings is 2. The minimum absolute atomic E-state index is 0. The highest BCUT2D eigenvalue weighted by atomic mass is 127. The van der Waals surface area contributed by atoms with E-state index in [-0.39, 0.29) is 18.4 Å². The van der Waals surface area contributed by atoms with Crippen molar-refractivity contribution >= 4 is 63.4 Å². The number of hydrogen-bond acceptors (Lipinski definition) is 5. The number of anilines is 2. The summed E-state index contributed by atoms with van der Waals surface area (Å²) in [4.78, 5) is 21.2. The number of carbonyl (C=O) groups is 1. The Labute approximate surface area is 172 Å². The van der Waals surface area contributed by atoms with E-state index in [1.54, 1.807) is 0 Å². The number of benzene rings is 1. The number of hydrogen-bond donors (Lipinski definition) is 1. The zero-order chi connectivity index (χ0) is 17.8. The van der Waals surface area contributed by atoms with Crippen LogP contribution >= 0.6 is 35.0 Å². The topological polar surface area (TPSA) is 64.1 Å². The van der Waals surface area contributed by atoms with Gasteiger partial charge in [-0.3, -0.25) is 0 Å². The third kappa shape index (κ3) is 4.62. The summed E-state index contributed by atoms with van der Waals surface area (Å²) in [5.74, 6) is -0.384. The molecule has 0 spiro atoms. The van der Waals surface area contributed by atoms with E-state index in [2.05, 4.69) is 37.9 Å². The maximum absolute atomic E-state index is 12.5. The SMILES string of the molecule is CCCOC(=O)c1cnc2nc(C)ccc2c1Nc1ccc(I)cc1.Cl. The van der Waals surface area contributed by atoms with Gasteiger partial charge in [-0.15, -0.1) is 12.4 Å². The molecule has 0 aliphatic rings. The van der Waals surface area contributed by atoms with Crippen molar-refractivity contribution in [1.82, 2.24) is 9.97 Å². The van der Waals surface area contributed by atoms with E-state index >= 15 is 0 Å². The van der Waals surface area contributed by atoms with E-state index in [1.807, 2.05) is 50.2 Å².